The van der Waals surface area contributed by atoms with E-state index in [1.54, 1.807) is 6.07 Å². The van der Waals surface area contributed by atoms with Crippen molar-refractivity contribution in [1.82, 2.24) is 19.4 Å². The minimum Gasteiger partial charge on any atom is -0.341 e. The molecule has 1 aromatic heterocycles. The van der Waals surface area contributed by atoms with Crippen molar-refractivity contribution in [2.24, 2.45) is 0 Å². The SMILES string of the molecule is O=C(CN1CCCC1)N1CC[C@H](c2cc(=O)n3c(n2)CCCCC3)C1. The number of fused-ring (bicyclic) bond motifs is 1. The molecular weight excluding hydrogens is 316 g/mol. The van der Waals surface area contributed by atoms with E-state index in [1.165, 1.54) is 19.3 Å². The summed E-state index contributed by atoms with van der Waals surface area (Å²) in [6.07, 6.45) is 7.57. The summed E-state index contributed by atoms with van der Waals surface area (Å²) in [4.78, 5) is 34.0. The molecule has 0 unspecified atom stereocenters. The van der Waals surface area contributed by atoms with E-state index in [9.17, 15) is 9.59 Å². The van der Waals surface area contributed by atoms with Crippen LogP contribution in [-0.4, -0.2) is 58.0 Å². The first-order chi connectivity index (χ1) is 12.2. The molecule has 3 aliphatic heterocycles. The highest BCUT2D eigenvalue weighted by atomic mass is 16.2. The van der Waals surface area contributed by atoms with Crippen LogP contribution in [0.15, 0.2) is 10.9 Å². The quantitative estimate of drug-likeness (QED) is 0.831. The van der Waals surface area contributed by atoms with E-state index >= 15 is 0 Å². The maximum Gasteiger partial charge on any atom is 0.253 e. The highest BCUT2D eigenvalue weighted by Gasteiger charge is 2.30. The van der Waals surface area contributed by atoms with Crippen molar-refractivity contribution >= 4 is 5.91 Å². The van der Waals surface area contributed by atoms with Gasteiger partial charge in [0.2, 0.25) is 5.91 Å². The Hall–Kier alpha value is -1.69. The van der Waals surface area contributed by atoms with Crippen molar-refractivity contribution in [3.8, 4) is 0 Å². The van der Waals surface area contributed by atoms with Gasteiger partial charge in [0.15, 0.2) is 0 Å². The normalized spacial score (nSPS) is 24.3. The number of amides is 1. The molecule has 6 heteroatoms. The summed E-state index contributed by atoms with van der Waals surface area (Å²) in [6, 6.07) is 1.72. The zero-order valence-corrected chi connectivity index (χ0v) is 15.0. The lowest BCUT2D eigenvalue weighted by Gasteiger charge is -2.21. The predicted molar refractivity (Wildman–Crippen MR) is 95.7 cm³/mol. The van der Waals surface area contributed by atoms with Crippen LogP contribution < -0.4 is 5.56 Å². The van der Waals surface area contributed by atoms with Crippen molar-refractivity contribution in [3.63, 3.8) is 0 Å². The fourth-order valence-electron chi connectivity index (χ4n) is 4.40. The van der Waals surface area contributed by atoms with E-state index in [2.05, 4.69) is 4.90 Å². The van der Waals surface area contributed by atoms with Crippen LogP contribution in [0.1, 0.15) is 56.0 Å². The summed E-state index contributed by atoms with van der Waals surface area (Å²) < 4.78 is 1.85. The Morgan fingerprint density at radius 3 is 2.72 bits per heavy atom. The summed E-state index contributed by atoms with van der Waals surface area (Å²) in [7, 11) is 0. The lowest BCUT2D eigenvalue weighted by Crippen LogP contribution is -2.38. The molecule has 2 saturated heterocycles. The van der Waals surface area contributed by atoms with E-state index in [1.807, 2.05) is 9.47 Å². The molecule has 6 nitrogen and oxygen atoms in total. The number of rotatable bonds is 3. The van der Waals surface area contributed by atoms with Crippen molar-refractivity contribution in [2.45, 2.75) is 57.4 Å². The van der Waals surface area contributed by atoms with E-state index in [0.717, 1.165) is 63.4 Å². The molecule has 0 N–H and O–H groups in total. The molecule has 0 spiro atoms. The molecule has 136 valence electrons. The second-order valence-corrected chi connectivity index (χ2v) is 7.71. The first-order valence-corrected chi connectivity index (χ1v) is 9.81. The number of likely N-dealkylation sites (tertiary alicyclic amines) is 2. The van der Waals surface area contributed by atoms with Gasteiger partial charge in [-0.15, -0.1) is 0 Å². The third-order valence-electron chi connectivity index (χ3n) is 5.91. The summed E-state index contributed by atoms with van der Waals surface area (Å²) in [5.41, 5.74) is 0.985. The minimum atomic E-state index is 0.0868. The molecule has 0 aliphatic carbocycles. The zero-order valence-electron chi connectivity index (χ0n) is 15.0. The number of aryl methyl sites for hydroxylation is 1. The Morgan fingerprint density at radius 2 is 1.88 bits per heavy atom. The number of nitrogens with zero attached hydrogens (tertiary/aromatic N) is 4. The molecule has 4 rings (SSSR count). The van der Waals surface area contributed by atoms with Gasteiger partial charge >= 0.3 is 0 Å². The summed E-state index contributed by atoms with van der Waals surface area (Å²) in [5, 5.41) is 0. The van der Waals surface area contributed by atoms with E-state index in [0.29, 0.717) is 13.1 Å². The highest BCUT2D eigenvalue weighted by Crippen LogP contribution is 2.26. The van der Waals surface area contributed by atoms with Crippen molar-refractivity contribution in [1.29, 1.82) is 0 Å². The van der Waals surface area contributed by atoms with Gasteiger partial charge < -0.3 is 4.90 Å². The second-order valence-electron chi connectivity index (χ2n) is 7.71. The first-order valence-electron chi connectivity index (χ1n) is 9.81. The molecule has 4 heterocycles. The van der Waals surface area contributed by atoms with Gasteiger partial charge in [-0.1, -0.05) is 6.42 Å². The fraction of sp³-hybridized carbons (Fsp3) is 0.737. The third kappa shape index (κ3) is 3.64. The molecule has 0 radical (unpaired) electrons. The molecule has 0 bridgehead atoms. The largest absolute Gasteiger partial charge is 0.341 e. The van der Waals surface area contributed by atoms with Gasteiger partial charge in [0, 0.05) is 38.0 Å². The molecular formula is C19H28N4O2. The average molecular weight is 344 g/mol. The second kappa shape index (κ2) is 7.28. The van der Waals surface area contributed by atoms with Crippen LogP contribution in [0.4, 0.5) is 0 Å². The number of aromatic nitrogens is 2. The predicted octanol–water partition coefficient (Wildman–Crippen LogP) is 1.38. The van der Waals surface area contributed by atoms with Crippen LogP contribution in [-0.2, 0) is 17.8 Å². The van der Waals surface area contributed by atoms with Crippen LogP contribution in [0.2, 0.25) is 0 Å². The van der Waals surface area contributed by atoms with E-state index in [4.69, 9.17) is 4.98 Å². The zero-order chi connectivity index (χ0) is 17.2. The monoisotopic (exact) mass is 344 g/mol. The van der Waals surface area contributed by atoms with Gasteiger partial charge in [-0.05, 0) is 45.2 Å². The van der Waals surface area contributed by atoms with E-state index in [-0.39, 0.29) is 17.4 Å². The summed E-state index contributed by atoms with van der Waals surface area (Å²) in [5.74, 6) is 1.39. The first kappa shape index (κ1) is 16.8. The Labute approximate surface area is 148 Å². The van der Waals surface area contributed by atoms with Crippen LogP contribution in [0.5, 0.6) is 0 Å². The van der Waals surface area contributed by atoms with Gasteiger partial charge in [0.05, 0.1) is 12.2 Å². The third-order valence-corrected chi connectivity index (χ3v) is 5.91. The van der Waals surface area contributed by atoms with Gasteiger partial charge in [-0.3, -0.25) is 19.1 Å². The Kier molecular flexibility index (Phi) is 4.88. The molecule has 3 aliphatic rings. The summed E-state index contributed by atoms with van der Waals surface area (Å²) >= 11 is 0. The lowest BCUT2D eigenvalue weighted by atomic mass is 10.0. The van der Waals surface area contributed by atoms with Crippen molar-refractivity contribution in [3.05, 3.63) is 27.9 Å². The van der Waals surface area contributed by atoms with Crippen LogP contribution in [0, 0.1) is 0 Å². The Morgan fingerprint density at radius 1 is 1.08 bits per heavy atom. The fourth-order valence-corrected chi connectivity index (χ4v) is 4.40. The molecule has 1 atom stereocenters. The molecule has 0 aromatic carbocycles. The summed E-state index contributed by atoms with van der Waals surface area (Å²) in [6.45, 7) is 4.94. The van der Waals surface area contributed by atoms with Crippen LogP contribution in [0.25, 0.3) is 0 Å². The Balaban J connectivity index is 1.44. The minimum absolute atomic E-state index is 0.0868. The van der Waals surface area contributed by atoms with Crippen LogP contribution in [0.3, 0.4) is 0 Å². The number of hydrogen-bond donors (Lipinski definition) is 0. The van der Waals surface area contributed by atoms with Gasteiger partial charge in [-0.25, -0.2) is 4.98 Å². The van der Waals surface area contributed by atoms with Gasteiger partial charge in [-0.2, -0.15) is 0 Å². The standard InChI is InChI=1S/C19H28N4O2/c24-18-12-16(20-17-6-2-1-3-10-23(17)18)15-7-11-22(13-15)19(25)14-21-8-4-5-9-21/h12,15H,1-11,13-14H2/t15-/m0/s1. The van der Waals surface area contributed by atoms with Crippen molar-refractivity contribution < 1.29 is 4.79 Å². The average Bonchev–Trinajstić information content (AvgIpc) is 3.23. The van der Waals surface area contributed by atoms with Gasteiger partial charge in [0.1, 0.15) is 5.82 Å². The van der Waals surface area contributed by atoms with Crippen LogP contribution >= 0.6 is 0 Å². The topological polar surface area (TPSA) is 58.4 Å². The maximum absolute atomic E-state index is 12.5. The lowest BCUT2D eigenvalue weighted by molar-refractivity contribution is -0.131. The molecule has 0 saturated carbocycles. The number of hydrogen-bond acceptors (Lipinski definition) is 4. The smallest absolute Gasteiger partial charge is 0.253 e. The number of carbonyl (C=O) groups is 1. The molecule has 25 heavy (non-hydrogen) atoms. The Bertz CT molecular complexity index is 693. The van der Waals surface area contributed by atoms with Crippen molar-refractivity contribution in [2.75, 3.05) is 32.7 Å². The number of carbonyl (C=O) groups excluding carboxylic acids is 1. The van der Waals surface area contributed by atoms with E-state index < -0.39 is 0 Å². The molecule has 2 fully saturated rings. The van der Waals surface area contributed by atoms with Gasteiger partial charge in [0.25, 0.3) is 5.56 Å². The highest BCUT2D eigenvalue weighted by molar-refractivity contribution is 5.78. The molecule has 1 aromatic rings. The maximum atomic E-state index is 12.5. The molecule has 1 amide bonds.